The van der Waals surface area contributed by atoms with E-state index in [-0.39, 0.29) is 6.04 Å². The minimum atomic E-state index is 0.141. The molecule has 1 aliphatic heterocycles. The lowest BCUT2D eigenvalue weighted by Crippen LogP contribution is -2.35. The molecule has 5 rings (SSSR count). The molecule has 5 nitrogen and oxygen atoms in total. The molecule has 1 saturated heterocycles. The molecule has 138 valence electrons. The molecule has 27 heavy (non-hydrogen) atoms. The van der Waals surface area contributed by atoms with Crippen molar-refractivity contribution in [3.63, 3.8) is 0 Å². The number of hydrogen-bond donors (Lipinski definition) is 0. The van der Waals surface area contributed by atoms with Crippen LogP contribution in [0, 0.1) is 0 Å². The number of thiazole rings is 1. The lowest BCUT2D eigenvalue weighted by molar-refractivity contribution is 0.143. The Hall–Kier alpha value is -2.09. The van der Waals surface area contributed by atoms with Gasteiger partial charge in [0.25, 0.3) is 5.89 Å². The molecular formula is C20H20N4OS2. The van der Waals surface area contributed by atoms with Gasteiger partial charge < -0.3 is 4.42 Å². The summed E-state index contributed by atoms with van der Waals surface area (Å²) in [6, 6.07) is 12.6. The first-order valence-electron chi connectivity index (χ1n) is 9.25. The highest BCUT2D eigenvalue weighted by molar-refractivity contribution is 7.18. The summed E-state index contributed by atoms with van der Waals surface area (Å²) in [5.41, 5.74) is 1.13. The van der Waals surface area contributed by atoms with Crippen LogP contribution in [0.2, 0.25) is 0 Å². The van der Waals surface area contributed by atoms with Gasteiger partial charge in [0, 0.05) is 5.92 Å². The van der Waals surface area contributed by atoms with Gasteiger partial charge in [-0.05, 0) is 56.4 Å². The fraction of sp³-hybridized carbons (Fsp3) is 0.350. The normalized spacial score (nSPS) is 17.5. The summed E-state index contributed by atoms with van der Waals surface area (Å²) in [5, 5.41) is 11.8. The Bertz CT molecular complexity index is 998. The van der Waals surface area contributed by atoms with Gasteiger partial charge in [-0.25, -0.2) is 4.98 Å². The standard InChI is InChI=1S/C20H20N4OS2/c1-13(18-22-23-19(25-18)17-7-4-12-26-17)24-10-8-14(9-11-24)20-21-15-5-2-3-6-16(15)27-20/h2-7,12-14H,8-11H2,1H3. The van der Waals surface area contributed by atoms with Crippen molar-refractivity contribution in [3.05, 3.63) is 52.7 Å². The maximum Gasteiger partial charge on any atom is 0.257 e. The molecule has 0 bridgehead atoms. The smallest absolute Gasteiger partial charge is 0.257 e. The molecule has 0 saturated carbocycles. The number of hydrogen-bond acceptors (Lipinski definition) is 7. The van der Waals surface area contributed by atoms with E-state index >= 15 is 0 Å². The summed E-state index contributed by atoms with van der Waals surface area (Å²) in [5.74, 6) is 1.88. The molecule has 1 fully saturated rings. The van der Waals surface area contributed by atoms with E-state index in [1.165, 1.54) is 9.71 Å². The number of aromatic nitrogens is 3. The number of fused-ring (bicyclic) bond motifs is 1. The number of para-hydroxylation sites is 1. The van der Waals surface area contributed by atoms with E-state index in [0.29, 0.717) is 17.7 Å². The molecule has 3 aromatic heterocycles. The largest absolute Gasteiger partial charge is 0.418 e. The fourth-order valence-corrected chi connectivity index (χ4v) is 5.44. The maximum atomic E-state index is 5.93. The van der Waals surface area contributed by atoms with Gasteiger partial charge in [-0.15, -0.1) is 32.9 Å². The Kier molecular flexibility index (Phi) is 4.51. The molecule has 1 aromatic carbocycles. The van der Waals surface area contributed by atoms with Gasteiger partial charge in [0.15, 0.2) is 0 Å². The Morgan fingerprint density at radius 3 is 2.74 bits per heavy atom. The molecule has 1 unspecified atom stereocenters. The van der Waals surface area contributed by atoms with Gasteiger partial charge in [0.1, 0.15) is 0 Å². The van der Waals surface area contributed by atoms with Crippen LogP contribution >= 0.6 is 22.7 Å². The number of thiophene rings is 1. The van der Waals surface area contributed by atoms with E-state index in [0.717, 1.165) is 36.3 Å². The second-order valence-corrected chi connectivity index (χ2v) is 8.94. The summed E-state index contributed by atoms with van der Waals surface area (Å²) in [6.45, 7) is 4.21. The minimum absolute atomic E-state index is 0.141. The monoisotopic (exact) mass is 396 g/mol. The molecule has 4 aromatic rings. The maximum absolute atomic E-state index is 5.93. The van der Waals surface area contributed by atoms with Crippen LogP contribution in [0.5, 0.6) is 0 Å². The van der Waals surface area contributed by atoms with Crippen molar-refractivity contribution < 1.29 is 4.42 Å². The van der Waals surface area contributed by atoms with Crippen molar-refractivity contribution in [1.82, 2.24) is 20.1 Å². The Balaban J connectivity index is 1.26. The molecular weight excluding hydrogens is 376 g/mol. The van der Waals surface area contributed by atoms with Crippen molar-refractivity contribution in [2.45, 2.75) is 31.7 Å². The lowest BCUT2D eigenvalue weighted by atomic mass is 9.96. The third kappa shape index (κ3) is 3.31. The first-order valence-corrected chi connectivity index (χ1v) is 10.9. The third-order valence-electron chi connectivity index (χ3n) is 5.27. The van der Waals surface area contributed by atoms with Crippen LogP contribution in [0.15, 0.2) is 46.2 Å². The third-order valence-corrected chi connectivity index (χ3v) is 7.32. The quantitative estimate of drug-likeness (QED) is 0.465. The average Bonchev–Trinajstić information content (AvgIpc) is 3.47. The topological polar surface area (TPSA) is 55.1 Å². The number of benzene rings is 1. The molecule has 0 amide bonds. The molecule has 0 N–H and O–H groups in total. The van der Waals surface area contributed by atoms with Crippen LogP contribution in [0.1, 0.15) is 42.6 Å². The number of likely N-dealkylation sites (tertiary alicyclic amines) is 1. The Labute approximate surface area is 165 Å². The summed E-state index contributed by atoms with van der Waals surface area (Å²) < 4.78 is 7.22. The van der Waals surface area contributed by atoms with E-state index in [9.17, 15) is 0 Å². The van der Waals surface area contributed by atoms with E-state index in [1.54, 1.807) is 11.3 Å². The zero-order chi connectivity index (χ0) is 18.2. The van der Waals surface area contributed by atoms with Crippen LogP contribution in [0.3, 0.4) is 0 Å². The highest BCUT2D eigenvalue weighted by Crippen LogP contribution is 2.36. The van der Waals surface area contributed by atoms with Crippen LogP contribution < -0.4 is 0 Å². The van der Waals surface area contributed by atoms with Crippen LogP contribution in [-0.2, 0) is 0 Å². The van der Waals surface area contributed by atoms with Crippen LogP contribution in [-0.4, -0.2) is 33.2 Å². The second-order valence-electron chi connectivity index (χ2n) is 6.93. The second kappa shape index (κ2) is 7.14. The van der Waals surface area contributed by atoms with E-state index in [4.69, 9.17) is 9.40 Å². The van der Waals surface area contributed by atoms with Crippen molar-refractivity contribution in [3.8, 4) is 10.8 Å². The predicted molar refractivity (Wildman–Crippen MR) is 109 cm³/mol. The molecule has 4 heterocycles. The number of nitrogens with zero attached hydrogens (tertiary/aromatic N) is 4. The first-order chi connectivity index (χ1) is 13.3. The molecule has 1 atom stereocenters. The highest BCUT2D eigenvalue weighted by atomic mass is 32.1. The summed E-state index contributed by atoms with van der Waals surface area (Å²) in [4.78, 5) is 8.32. The predicted octanol–water partition coefficient (Wildman–Crippen LogP) is 5.35. The van der Waals surface area contributed by atoms with Gasteiger partial charge in [-0.3, -0.25) is 4.90 Å². The average molecular weight is 397 g/mol. The van der Waals surface area contributed by atoms with E-state index < -0.39 is 0 Å². The highest BCUT2D eigenvalue weighted by Gasteiger charge is 2.28. The molecule has 0 aliphatic carbocycles. The zero-order valence-corrected chi connectivity index (χ0v) is 16.7. The minimum Gasteiger partial charge on any atom is -0.418 e. The fourth-order valence-electron chi connectivity index (χ4n) is 3.66. The SMILES string of the molecule is CC(c1nnc(-c2cccs2)o1)N1CCC(c2nc3ccccc3s2)CC1. The molecule has 0 spiro atoms. The van der Waals surface area contributed by atoms with Gasteiger partial charge in [-0.2, -0.15) is 0 Å². The van der Waals surface area contributed by atoms with Gasteiger partial charge in [0.05, 0.1) is 26.1 Å². The molecule has 1 aliphatic rings. The van der Waals surface area contributed by atoms with Crippen molar-refractivity contribution in [2.75, 3.05) is 13.1 Å². The van der Waals surface area contributed by atoms with E-state index in [2.05, 4.69) is 46.3 Å². The molecule has 0 radical (unpaired) electrons. The van der Waals surface area contributed by atoms with E-state index in [1.807, 2.05) is 28.8 Å². The van der Waals surface area contributed by atoms with Crippen molar-refractivity contribution in [1.29, 1.82) is 0 Å². The molecule has 7 heteroatoms. The Morgan fingerprint density at radius 2 is 1.96 bits per heavy atom. The summed E-state index contributed by atoms with van der Waals surface area (Å²) in [7, 11) is 0. The lowest BCUT2D eigenvalue weighted by Gasteiger charge is -2.33. The first kappa shape index (κ1) is 17.0. The van der Waals surface area contributed by atoms with Gasteiger partial charge in [0.2, 0.25) is 5.89 Å². The summed E-state index contributed by atoms with van der Waals surface area (Å²) >= 11 is 3.46. The van der Waals surface area contributed by atoms with Crippen molar-refractivity contribution >= 4 is 32.9 Å². The number of rotatable bonds is 4. The van der Waals surface area contributed by atoms with Crippen LogP contribution in [0.4, 0.5) is 0 Å². The van der Waals surface area contributed by atoms with Gasteiger partial charge >= 0.3 is 0 Å². The van der Waals surface area contributed by atoms with Crippen molar-refractivity contribution in [2.24, 2.45) is 0 Å². The summed E-state index contributed by atoms with van der Waals surface area (Å²) in [6.07, 6.45) is 2.24. The Morgan fingerprint density at radius 1 is 1.11 bits per heavy atom. The van der Waals surface area contributed by atoms with Crippen LogP contribution in [0.25, 0.3) is 21.0 Å². The van der Waals surface area contributed by atoms with Gasteiger partial charge in [-0.1, -0.05) is 18.2 Å². The number of piperidine rings is 1. The zero-order valence-electron chi connectivity index (χ0n) is 15.0.